The van der Waals surface area contributed by atoms with Crippen molar-refractivity contribution in [1.82, 2.24) is 14.9 Å². The van der Waals surface area contributed by atoms with Crippen molar-refractivity contribution >= 4 is 33.1 Å². The van der Waals surface area contributed by atoms with Crippen molar-refractivity contribution in [3.05, 3.63) is 46.1 Å². The van der Waals surface area contributed by atoms with Gasteiger partial charge in [0.1, 0.15) is 16.5 Å². The largest absolute Gasteiger partial charge is 0.379 e. The van der Waals surface area contributed by atoms with Gasteiger partial charge in [-0.1, -0.05) is 39.8 Å². The Morgan fingerprint density at radius 1 is 1.12 bits per heavy atom. The van der Waals surface area contributed by atoms with Crippen LogP contribution in [0.1, 0.15) is 55.9 Å². The molecule has 1 aliphatic carbocycles. The van der Waals surface area contributed by atoms with Crippen molar-refractivity contribution < 1.29 is 4.74 Å². The number of morpholine rings is 1. The normalized spacial score (nSPS) is 19.8. The van der Waals surface area contributed by atoms with E-state index in [4.69, 9.17) is 14.7 Å². The van der Waals surface area contributed by atoms with E-state index in [-0.39, 0.29) is 5.41 Å². The molecule has 2 aromatic heterocycles. The lowest BCUT2D eigenvalue weighted by Crippen LogP contribution is -2.36. The zero-order valence-electron chi connectivity index (χ0n) is 19.7. The number of fused-ring (bicyclic) bond motifs is 3. The molecule has 0 radical (unpaired) electrons. The molecule has 0 bridgehead atoms. The molecule has 0 amide bonds. The summed E-state index contributed by atoms with van der Waals surface area (Å²) in [6.07, 6.45) is 3.53. The Kier molecular flexibility index (Phi) is 5.95. The van der Waals surface area contributed by atoms with Crippen LogP contribution in [0.3, 0.4) is 0 Å². The second kappa shape index (κ2) is 8.73. The summed E-state index contributed by atoms with van der Waals surface area (Å²) in [4.78, 5) is 15.1. The fraction of sp³-hybridized carbons (Fsp3) is 0.538. The number of hydrogen-bond donors (Lipinski definition) is 1. The predicted molar refractivity (Wildman–Crippen MR) is 133 cm³/mol. The van der Waals surface area contributed by atoms with Crippen LogP contribution in [-0.2, 0) is 29.5 Å². The SMILES string of the molecule is CC1CCc2c(sc3nc(CN4CCOCC4)nc(Nc4ccc(C(C)(C)C)cc4)c23)C1. The van der Waals surface area contributed by atoms with Crippen LogP contribution in [0.4, 0.5) is 11.5 Å². The molecule has 1 saturated heterocycles. The molecule has 3 aromatic rings. The van der Waals surface area contributed by atoms with Crippen molar-refractivity contribution in [1.29, 1.82) is 0 Å². The smallest absolute Gasteiger partial charge is 0.146 e. The van der Waals surface area contributed by atoms with E-state index >= 15 is 0 Å². The van der Waals surface area contributed by atoms with E-state index in [2.05, 4.69) is 62.2 Å². The summed E-state index contributed by atoms with van der Waals surface area (Å²) in [5.74, 6) is 2.62. The molecule has 5 rings (SSSR count). The lowest BCUT2D eigenvalue weighted by molar-refractivity contribution is 0.0331. The standard InChI is InChI=1S/C26H34N4OS/c1-17-5-10-20-21(15-17)32-25-23(20)24(27-19-8-6-18(7-9-19)26(2,3)4)28-22(29-25)16-30-11-13-31-14-12-30/h6-9,17H,5,10-16H2,1-4H3,(H,27,28,29). The Labute approximate surface area is 195 Å². The molecule has 32 heavy (non-hydrogen) atoms. The summed E-state index contributed by atoms with van der Waals surface area (Å²) < 4.78 is 5.52. The zero-order chi connectivity index (χ0) is 22.3. The first-order valence-electron chi connectivity index (χ1n) is 11.9. The predicted octanol–water partition coefficient (Wildman–Crippen LogP) is 5.69. The number of anilines is 2. The maximum atomic E-state index is 5.52. The van der Waals surface area contributed by atoms with E-state index < -0.39 is 0 Å². The average molecular weight is 451 g/mol. The number of ether oxygens (including phenoxy) is 1. The third kappa shape index (κ3) is 4.54. The Balaban J connectivity index is 1.52. The van der Waals surface area contributed by atoms with Gasteiger partial charge >= 0.3 is 0 Å². The van der Waals surface area contributed by atoms with Gasteiger partial charge < -0.3 is 10.1 Å². The monoisotopic (exact) mass is 450 g/mol. The lowest BCUT2D eigenvalue weighted by Gasteiger charge is -2.26. The molecule has 3 heterocycles. The first kappa shape index (κ1) is 21.8. The summed E-state index contributed by atoms with van der Waals surface area (Å²) in [6.45, 7) is 13.3. The van der Waals surface area contributed by atoms with Crippen LogP contribution in [0.5, 0.6) is 0 Å². The molecule has 1 aromatic carbocycles. The van der Waals surface area contributed by atoms with Crippen molar-refractivity contribution in [3.63, 3.8) is 0 Å². The summed E-state index contributed by atoms with van der Waals surface area (Å²) in [7, 11) is 0. The number of benzene rings is 1. The van der Waals surface area contributed by atoms with Gasteiger partial charge in [0.15, 0.2) is 0 Å². The first-order valence-corrected chi connectivity index (χ1v) is 12.7. The number of nitrogens with zero attached hydrogens (tertiary/aromatic N) is 3. The number of thiophene rings is 1. The third-order valence-corrected chi connectivity index (χ3v) is 7.83. The van der Waals surface area contributed by atoms with Gasteiger partial charge in [-0.15, -0.1) is 11.3 Å². The summed E-state index contributed by atoms with van der Waals surface area (Å²) in [6, 6.07) is 8.80. The number of nitrogens with one attached hydrogen (secondary N) is 1. The van der Waals surface area contributed by atoms with Gasteiger partial charge in [-0.05, 0) is 53.9 Å². The minimum absolute atomic E-state index is 0.148. The highest BCUT2D eigenvalue weighted by Crippen LogP contribution is 2.41. The van der Waals surface area contributed by atoms with Gasteiger partial charge in [0.05, 0.1) is 25.1 Å². The molecule has 1 fully saturated rings. The van der Waals surface area contributed by atoms with E-state index in [1.807, 2.05) is 11.3 Å². The Hall–Kier alpha value is -2.02. The maximum Gasteiger partial charge on any atom is 0.146 e. The number of aromatic nitrogens is 2. The molecular weight excluding hydrogens is 416 g/mol. The van der Waals surface area contributed by atoms with Gasteiger partial charge in [-0.25, -0.2) is 9.97 Å². The van der Waals surface area contributed by atoms with Gasteiger partial charge in [0, 0.05) is 23.7 Å². The second-order valence-electron chi connectivity index (χ2n) is 10.4. The molecule has 1 unspecified atom stereocenters. The van der Waals surface area contributed by atoms with E-state index in [1.165, 1.54) is 27.8 Å². The van der Waals surface area contributed by atoms with Crippen LogP contribution in [0, 0.1) is 5.92 Å². The molecule has 0 spiro atoms. The van der Waals surface area contributed by atoms with Crippen molar-refractivity contribution in [2.24, 2.45) is 5.92 Å². The van der Waals surface area contributed by atoms with Gasteiger partial charge in [0.25, 0.3) is 0 Å². The fourth-order valence-corrected chi connectivity index (χ4v) is 6.10. The van der Waals surface area contributed by atoms with Crippen LogP contribution in [0.2, 0.25) is 0 Å². The Morgan fingerprint density at radius 3 is 2.59 bits per heavy atom. The minimum atomic E-state index is 0.148. The third-order valence-electron chi connectivity index (χ3n) is 6.68. The Morgan fingerprint density at radius 2 is 1.88 bits per heavy atom. The number of rotatable bonds is 4. The lowest BCUT2D eigenvalue weighted by atomic mass is 9.87. The van der Waals surface area contributed by atoms with Gasteiger partial charge in [-0.2, -0.15) is 0 Å². The summed E-state index contributed by atoms with van der Waals surface area (Å²) in [5.41, 5.74) is 4.04. The maximum absolute atomic E-state index is 5.52. The molecule has 1 atom stereocenters. The average Bonchev–Trinajstić information content (AvgIpc) is 3.11. The molecular formula is C26H34N4OS. The van der Waals surface area contributed by atoms with Gasteiger partial charge in [0.2, 0.25) is 0 Å². The summed E-state index contributed by atoms with van der Waals surface area (Å²) >= 11 is 1.88. The zero-order valence-corrected chi connectivity index (χ0v) is 20.5. The molecule has 6 heteroatoms. The second-order valence-corrected chi connectivity index (χ2v) is 11.4. The molecule has 2 aliphatic rings. The van der Waals surface area contributed by atoms with Crippen LogP contribution in [0.15, 0.2) is 24.3 Å². The highest BCUT2D eigenvalue weighted by molar-refractivity contribution is 7.19. The molecule has 5 nitrogen and oxygen atoms in total. The molecule has 1 aliphatic heterocycles. The molecule has 1 N–H and O–H groups in total. The van der Waals surface area contributed by atoms with Crippen LogP contribution in [0.25, 0.3) is 10.2 Å². The van der Waals surface area contributed by atoms with E-state index in [9.17, 15) is 0 Å². The minimum Gasteiger partial charge on any atom is -0.379 e. The summed E-state index contributed by atoms with van der Waals surface area (Å²) in [5, 5.41) is 4.90. The van der Waals surface area contributed by atoms with Crippen molar-refractivity contribution in [3.8, 4) is 0 Å². The molecule has 170 valence electrons. The number of aryl methyl sites for hydroxylation is 1. The van der Waals surface area contributed by atoms with Crippen molar-refractivity contribution in [2.75, 3.05) is 31.6 Å². The first-order chi connectivity index (χ1) is 15.4. The number of hydrogen-bond acceptors (Lipinski definition) is 6. The highest BCUT2D eigenvalue weighted by Gasteiger charge is 2.25. The Bertz CT molecular complexity index is 1090. The molecule has 0 saturated carbocycles. The highest BCUT2D eigenvalue weighted by atomic mass is 32.1. The van der Waals surface area contributed by atoms with Crippen molar-refractivity contribution in [2.45, 2.75) is 58.9 Å². The quantitative estimate of drug-likeness (QED) is 0.553. The van der Waals surface area contributed by atoms with E-state index in [0.29, 0.717) is 0 Å². The fourth-order valence-electron chi connectivity index (χ4n) is 4.70. The van der Waals surface area contributed by atoms with E-state index in [1.54, 1.807) is 0 Å². The van der Waals surface area contributed by atoms with Crippen LogP contribution >= 0.6 is 11.3 Å². The van der Waals surface area contributed by atoms with E-state index in [0.717, 1.165) is 73.8 Å². The topological polar surface area (TPSA) is 50.3 Å². The van der Waals surface area contributed by atoms with Crippen LogP contribution in [-0.4, -0.2) is 41.2 Å². The van der Waals surface area contributed by atoms with Gasteiger partial charge in [-0.3, -0.25) is 4.90 Å². The van der Waals surface area contributed by atoms with Crippen LogP contribution < -0.4 is 5.32 Å².